The number of aryl methyl sites for hydroxylation is 1. The lowest BCUT2D eigenvalue weighted by Crippen LogP contribution is -1.96. The molecule has 10 rings (SSSR count). The van der Waals surface area contributed by atoms with Crippen LogP contribution in [0.5, 0.6) is 0 Å². The average molecular weight is 641 g/mol. The van der Waals surface area contributed by atoms with E-state index in [-0.39, 0.29) is 0 Å². The summed E-state index contributed by atoms with van der Waals surface area (Å²) >= 11 is 0. The second-order valence-electron chi connectivity index (χ2n) is 12.8. The van der Waals surface area contributed by atoms with Gasteiger partial charge < -0.3 is 4.40 Å². The molecule has 0 spiro atoms. The molecule has 0 radical (unpaired) electrons. The van der Waals surface area contributed by atoms with Gasteiger partial charge in [-0.3, -0.25) is 0 Å². The molecule has 0 bridgehead atoms. The minimum absolute atomic E-state index is 0.342. The van der Waals surface area contributed by atoms with Crippen molar-refractivity contribution in [1.29, 1.82) is 0 Å². The van der Waals surface area contributed by atoms with E-state index >= 15 is 0 Å². The van der Waals surface area contributed by atoms with E-state index in [0.29, 0.717) is 11.4 Å². The Balaban J connectivity index is 1.12. The topological polar surface area (TPSA) is 30.2 Å². The molecule has 0 N–H and O–H groups in total. The highest BCUT2D eigenvalue weighted by molar-refractivity contribution is 6.25. The van der Waals surface area contributed by atoms with Crippen molar-refractivity contribution in [2.45, 2.75) is 6.85 Å². The number of benzene rings is 7. The lowest BCUT2D eigenvalue weighted by molar-refractivity contribution is 1.18. The van der Waals surface area contributed by atoms with Gasteiger partial charge in [-0.2, -0.15) is 0 Å². The molecule has 3 heteroatoms. The van der Waals surface area contributed by atoms with Gasteiger partial charge in [0.05, 0.1) is 27.9 Å². The number of nitrogens with zero attached hydrogens (tertiary/aromatic N) is 3. The highest BCUT2D eigenvalue weighted by atomic mass is 14.9. The standard InChI is InChI=1S/C47H31N3/c1-30-24-25-38-39-21-11-23-41-40-22-10-20-37(45(40)50(46(39)41)44(38)26-30)35-18-8-16-33(27-35)34-17-9-19-36(28-34)43-29-42(31-12-4-2-5-13-31)48-47(49-43)32-14-6-3-7-15-32/h2-29H,1H3/i1D3. The van der Waals surface area contributed by atoms with E-state index in [1.54, 1.807) is 6.07 Å². The van der Waals surface area contributed by atoms with Crippen LogP contribution in [-0.4, -0.2) is 14.4 Å². The van der Waals surface area contributed by atoms with Gasteiger partial charge in [0, 0.05) is 47.9 Å². The van der Waals surface area contributed by atoms with Crippen LogP contribution in [0.4, 0.5) is 0 Å². The van der Waals surface area contributed by atoms with Crippen molar-refractivity contribution >= 4 is 38.1 Å². The molecule has 0 aliphatic rings. The van der Waals surface area contributed by atoms with Crippen LogP contribution in [0, 0.1) is 6.85 Å². The number of fused-ring (bicyclic) bond motifs is 6. The lowest BCUT2D eigenvalue weighted by atomic mass is 9.96. The number of para-hydroxylation sites is 2. The Kier molecular flexibility index (Phi) is 5.73. The van der Waals surface area contributed by atoms with E-state index < -0.39 is 6.85 Å². The average Bonchev–Trinajstić information content (AvgIpc) is 3.73. The molecule has 234 valence electrons. The predicted molar refractivity (Wildman–Crippen MR) is 209 cm³/mol. The van der Waals surface area contributed by atoms with Gasteiger partial charge >= 0.3 is 0 Å². The maximum absolute atomic E-state index is 8.14. The fourth-order valence-electron chi connectivity index (χ4n) is 7.54. The Morgan fingerprint density at radius 2 is 0.980 bits per heavy atom. The molecule has 50 heavy (non-hydrogen) atoms. The molecule has 0 aliphatic carbocycles. The maximum Gasteiger partial charge on any atom is 0.160 e. The van der Waals surface area contributed by atoms with Gasteiger partial charge in [-0.1, -0.05) is 146 Å². The Bertz CT molecular complexity index is 2930. The summed E-state index contributed by atoms with van der Waals surface area (Å²) in [6, 6.07) is 58.0. The van der Waals surface area contributed by atoms with Crippen molar-refractivity contribution in [3.63, 3.8) is 0 Å². The fourth-order valence-corrected chi connectivity index (χ4v) is 7.54. The molecule has 3 nitrogen and oxygen atoms in total. The monoisotopic (exact) mass is 640 g/mol. The van der Waals surface area contributed by atoms with E-state index in [2.05, 4.69) is 108 Å². The summed E-state index contributed by atoms with van der Waals surface area (Å²) < 4.78 is 26.7. The zero-order chi connectivity index (χ0) is 35.7. The van der Waals surface area contributed by atoms with Gasteiger partial charge in [-0.05, 0) is 53.4 Å². The molecule has 0 saturated heterocycles. The third-order valence-corrected chi connectivity index (χ3v) is 9.83. The van der Waals surface area contributed by atoms with Gasteiger partial charge in [0.25, 0.3) is 0 Å². The maximum atomic E-state index is 8.14. The lowest BCUT2D eigenvalue weighted by Gasteiger charge is -2.12. The Morgan fingerprint density at radius 1 is 0.420 bits per heavy atom. The minimum atomic E-state index is -2.20. The summed E-state index contributed by atoms with van der Waals surface area (Å²) in [6.07, 6.45) is 0. The number of hydrogen-bond acceptors (Lipinski definition) is 2. The van der Waals surface area contributed by atoms with E-state index in [1.807, 2.05) is 60.7 Å². The van der Waals surface area contributed by atoms with Gasteiger partial charge in [-0.15, -0.1) is 0 Å². The van der Waals surface area contributed by atoms with E-state index in [9.17, 15) is 0 Å². The molecular formula is C47H31N3. The van der Waals surface area contributed by atoms with Crippen LogP contribution in [0.15, 0.2) is 170 Å². The molecular weight excluding hydrogens is 607 g/mol. The van der Waals surface area contributed by atoms with Crippen molar-refractivity contribution < 1.29 is 4.11 Å². The first-order valence-electron chi connectivity index (χ1n) is 18.3. The summed E-state index contributed by atoms with van der Waals surface area (Å²) in [5.74, 6) is 0.686. The number of rotatable bonds is 5. The molecule has 0 atom stereocenters. The van der Waals surface area contributed by atoms with Gasteiger partial charge in [0.1, 0.15) is 0 Å². The molecule has 0 amide bonds. The van der Waals surface area contributed by atoms with Crippen molar-refractivity contribution in [1.82, 2.24) is 14.4 Å². The molecule has 0 unspecified atom stereocenters. The zero-order valence-corrected chi connectivity index (χ0v) is 27.0. The molecule has 0 aliphatic heterocycles. The van der Waals surface area contributed by atoms with Gasteiger partial charge in [0.15, 0.2) is 5.82 Å². The highest BCUT2D eigenvalue weighted by Gasteiger charge is 2.20. The van der Waals surface area contributed by atoms with E-state index in [4.69, 9.17) is 14.1 Å². The van der Waals surface area contributed by atoms with Gasteiger partial charge in [0.2, 0.25) is 0 Å². The van der Waals surface area contributed by atoms with Crippen LogP contribution < -0.4 is 0 Å². The minimum Gasteiger partial charge on any atom is -0.307 e. The van der Waals surface area contributed by atoms with Gasteiger partial charge in [-0.25, -0.2) is 9.97 Å². The summed E-state index contributed by atoms with van der Waals surface area (Å²) in [5, 5.41) is 4.47. The summed E-state index contributed by atoms with van der Waals surface area (Å²) in [6.45, 7) is -2.20. The van der Waals surface area contributed by atoms with Crippen molar-refractivity contribution in [2.24, 2.45) is 0 Å². The van der Waals surface area contributed by atoms with Crippen molar-refractivity contribution in [2.75, 3.05) is 0 Å². The number of hydrogen-bond donors (Lipinski definition) is 0. The van der Waals surface area contributed by atoms with Crippen LogP contribution >= 0.6 is 0 Å². The molecule has 3 heterocycles. The predicted octanol–water partition coefficient (Wildman–Crippen LogP) is 12.3. The Morgan fingerprint density at radius 3 is 1.72 bits per heavy atom. The summed E-state index contributed by atoms with van der Waals surface area (Å²) in [5.41, 5.74) is 12.5. The largest absolute Gasteiger partial charge is 0.307 e. The first-order chi connectivity index (χ1) is 25.9. The third kappa shape index (κ3) is 4.52. The Labute approximate surface area is 294 Å². The normalized spacial score (nSPS) is 12.8. The SMILES string of the molecule is [2H]C([2H])([2H])c1ccc2c3cccc4c5cccc(-c6cccc(-c7cccc(-c8cc(-c9ccccc9)nc(-c9ccccc9)n8)c7)c6)c5n(c2c1)c34. The molecule has 0 fully saturated rings. The van der Waals surface area contributed by atoms with Crippen LogP contribution in [-0.2, 0) is 0 Å². The summed E-state index contributed by atoms with van der Waals surface area (Å²) in [7, 11) is 0. The van der Waals surface area contributed by atoms with Crippen LogP contribution in [0.1, 0.15) is 9.68 Å². The quantitative estimate of drug-likeness (QED) is 0.187. The first-order valence-corrected chi connectivity index (χ1v) is 16.8. The van der Waals surface area contributed by atoms with E-state index in [1.165, 1.54) is 0 Å². The number of aromatic nitrogens is 3. The molecule has 0 saturated carbocycles. The Hall–Kier alpha value is -6.58. The molecule has 3 aromatic heterocycles. The molecule has 7 aromatic carbocycles. The van der Waals surface area contributed by atoms with Crippen LogP contribution in [0.25, 0.3) is 94.3 Å². The van der Waals surface area contributed by atoms with Crippen LogP contribution in [0.2, 0.25) is 0 Å². The van der Waals surface area contributed by atoms with Crippen molar-refractivity contribution in [3.05, 3.63) is 175 Å². The third-order valence-electron chi connectivity index (χ3n) is 9.83. The highest BCUT2D eigenvalue weighted by Crippen LogP contribution is 2.43. The van der Waals surface area contributed by atoms with Crippen molar-refractivity contribution in [3.8, 4) is 56.2 Å². The zero-order valence-electron chi connectivity index (χ0n) is 30.0. The smallest absolute Gasteiger partial charge is 0.160 e. The molecule has 10 aromatic rings. The second-order valence-corrected chi connectivity index (χ2v) is 12.8. The fraction of sp³-hybridized carbons (Fsp3) is 0.0213. The van der Waals surface area contributed by atoms with Crippen LogP contribution in [0.3, 0.4) is 0 Å². The summed E-state index contributed by atoms with van der Waals surface area (Å²) in [4.78, 5) is 10.0. The second kappa shape index (κ2) is 11.3. The van der Waals surface area contributed by atoms with E-state index in [0.717, 1.165) is 88.4 Å². The first kappa shape index (κ1) is 25.4.